The second-order valence-corrected chi connectivity index (χ2v) is 7.12. The van der Waals surface area contributed by atoms with Crippen LogP contribution in [0.15, 0.2) is 24.3 Å². The van der Waals surface area contributed by atoms with E-state index in [4.69, 9.17) is 5.73 Å². The maximum absolute atomic E-state index is 11.3. The Morgan fingerprint density at radius 3 is 2.52 bits per heavy atom. The lowest BCUT2D eigenvalue weighted by Gasteiger charge is -2.26. The van der Waals surface area contributed by atoms with Gasteiger partial charge in [-0.3, -0.25) is 4.79 Å². The SMILES string of the molecule is NC(=O)C1CCC(CNc2nc(NC(CO)CO)c3ccccc3n2)CC1. The molecule has 1 aromatic heterocycles. The first-order chi connectivity index (χ1) is 13.1. The number of aromatic nitrogens is 2. The van der Waals surface area contributed by atoms with Crippen molar-refractivity contribution in [3.63, 3.8) is 0 Å². The minimum atomic E-state index is -0.486. The number of nitrogens with zero attached hydrogens (tertiary/aromatic N) is 2. The van der Waals surface area contributed by atoms with Crippen molar-refractivity contribution in [3.8, 4) is 0 Å². The Hall–Kier alpha value is -2.45. The van der Waals surface area contributed by atoms with Crippen molar-refractivity contribution >= 4 is 28.6 Å². The van der Waals surface area contributed by atoms with Gasteiger partial charge in [0.25, 0.3) is 0 Å². The summed E-state index contributed by atoms with van der Waals surface area (Å²) in [5.41, 5.74) is 6.17. The number of carbonyl (C=O) groups excluding carboxylic acids is 1. The molecule has 0 saturated heterocycles. The first-order valence-corrected chi connectivity index (χ1v) is 9.39. The first kappa shape index (κ1) is 19.3. The smallest absolute Gasteiger partial charge is 0.225 e. The Balaban J connectivity index is 1.70. The van der Waals surface area contributed by atoms with Crippen LogP contribution in [0.1, 0.15) is 25.7 Å². The van der Waals surface area contributed by atoms with Gasteiger partial charge in [-0.25, -0.2) is 4.98 Å². The van der Waals surface area contributed by atoms with Crippen molar-refractivity contribution in [2.24, 2.45) is 17.6 Å². The van der Waals surface area contributed by atoms with Crippen LogP contribution in [-0.4, -0.2) is 51.9 Å². The number of primary amides is 1. The molecule has 1 aliphatic carbocycles. The molecule has 8 heteroatoms. The molecular formula is C19H27N5O3. The molecule has 6 N–H and O–H groups in total. The monoisotopic (exact) mass is 373 g/mol. The third-order valence-electron chi connectivity index (χ3n) is 5.18. The number of anilines is 2. The summed E-state index contributed by atoms with van der Waals surface area (Å²) in [6.45, 7) is 0.341. The molecular weight excluding hydrogens is 346 g/mol. The van der Waals surface area contributed by atoms with E-state index in [1.54, 1.807) is 0 Å². The van der Waals surface area contributed by atoms with Gasteiger partial charge >= 0.3 is 0 Å². The predicted molar refractivity (Wildman–Crippen MR) is 104 cm³/mol. The maximum atomic E-state index is 11.3. The fourth-order valence-corrected chi connectivity index (χ4v) is 3.49. The minimum Gasteiger partial charge on any atom is -0.394 e. The number of nitrogens with one attached hydrogen (secondary N) is 2. The molecule has 0 spiro atoms. The van der Waals surface area contributed by atoms with Gasteiger partial charge in [0.15, 0.2) is 0 Å². The van der Waals surface area contributed by atoms with Gasteiger partial charge in [-0.1, -0.05) is 12.1 Å². The van der Waals surface area contributed by atoms with Gasteiger partial charge in [-0.15, -0.1) is 0 Å². The van der Waals surface area contributed by atoms with Crippen LogP contribution in [0.5, 0.6) is 0 Å². The van der Waals surface area contributed by atoms with Gasteiger partial charge in [-0.05, 0) is 43.7 Å². The Morgan fingerprint density at radius 2 is 1.85 bits per heavy atom. The highest BCUT2D eigenvalue weighted by Crippen LogP contribution is 2.29. The number of nitrogens with two attached hydrogens (primary N) is 1. The standard InChI is InChI=1S/C19H27N5O3/c20-17(27)13-7-5-12(6-8-13)9-21-19-23-16-4-2-1-3-15(16)18(24-19)22-14(10-25)11-26/h1-4,12-14,25-26H,5-11H2,(H2,20,27)(H2,21,22,23,24). The van der Waals surface area contributed by atoms with Gasteiger partial charge < -0.3 is 26.6 Å². The number of aliphatic hydroxyl groups excluding tert-OH is 2. The molecule has 1 amide bonds. The zero-order valence-corrected chi connectivity index (χ0v) is 15.3. The van der Waals surface area contributed by atoms with Crippen molar-refractivity contribution in [3.05, 3.63) is 24.3 Å². The molecule has 8 nitrogen and oxygen atoms in total. The summed E-state index contributed by atoms with van der Waals surface area (Å²) in [6.07, 6.45) is 3.58. The molecule has 0 bridgehead atoms. The molecule has 1 fully saturated rings. The molecule has 0 unspecified atom stereocenters. The molecule has 0 atom stereocenters. The summed E-state index contributed by atoms with van der Waals surface area (Å²) in [5.74, 6) is 1.34. The Morgan fingerprint density at radius 1 is 1.15 bits per heavy atom. The minimum absolute atomic E-state index is 0.00266. The van der Waals surface area contributed by atoms with Crippen molar-refractivity contribution in [1.82, 2.24) is 9.97 Å². The number of benzene rings is 1. The number of para-hydroxylation sites is 1. The number of hydrogen-bond acceptors (Lipinski definition) is 7. The third-order valence-corrected chi connectivity index (χ3v) is 5.18. The highest BCUT2D eigenvalue weighted by molar-refractivity contribution is 5.90. The van der Waals surface area contributed by atoms with Crippen LogP contribution in [-0.2, 0) is 4.79 Å². The molecule has 27 heavy (non-hydrogen) atoms. The first-order valence-electron chi connectivity index (χ1n) is 9.39. The summed E-state index contributed by atoms with van der Waals surface area (Å²) >= 11 is 0. The number of rotatable bonds is 8. The molecule has 3 rings (SSSR count). The molecule has 2 aromatic rings. The van der Waals surface area contributed by atoms with E-state index in [0.29, 0.717) is 17.7 Å². The van der Waals surface area contributed by atoms with E-state index in [1.807, 2.05) is 24.3 Å². The lowest BCUT2D eigenvalue weighted by molar-refractivity contribution is -0.122. The molecule has 146 valence electrons. The largest absolute Gasteiger partial charge is 0.394 e. The third kappa shape index (κ3) is 4.84. The normalized spacial score (nSPS) is 20.0. The number of hydrogen-bond donors (Lipinski definition) is 5. The van der Waals surface area contributed by atoms with E-state index < -0.39 is 6.04 Å². The second-order valence-electron chi connectivity index (χ2n) is 7.12. The lowest BCUT2D eigenvalue weighted by atomic mass is 9.82. The van der Waals surface area contributed by atoms with E-state index >= 15 is 0 Å². The summed E-state index contributed by atoms with van der Waals surface area (Å²) in [4.78, 5) is 20.4. The predicted octanol–water partition coefficient (Wildman–Crippen LogP) is 1.10. The number of carbonyl (C=O) groups is 1. The summed E-state index contributed by atoms with van der Waals surface area (Å²) in [7, 11) is 0. The van der Waals surface area contributed by atoms with E-state index in [0.717, 1.165) is 43.1 Å². The van der Waals surface area contributed by atoms with E-state index in [1.165, 1.54) is 0 Å². The zero-order chi connectivity index (χ0) is 19.2. The van der Waals surface area contributed by atoms with Crippen LogP contribution >= 0.6 is 0 Å². The average molecular weight is 373 g/mol. The molecule has 0 radical (unpaired) electrons. The van der Waals surface area contributed by atoms with Crippen LogP contribution in [0.2, 0.25) is 0 Å². The van der Waals surface area contributed by atoms with Gasteiger partial charge in [0.1, 0.15) is 5.82 Å². The average Bonchev–Trinajstić information content (AvgIpc) is 2.70. The highest BCUT2D eigenvalue weighted by atomic mass is 16.3. The van der Waals surface area contributed by atoms with Crippen molar-refractivity contribution < 1.29 is 15.0 Å². The molecule has 1 aromatic carbocycles. The van der Waals surface area contributed by atoms with Crippen LogP contribution in [0.4, 0.5) is 11.8 Å². The van der Waals surface area contributed by atoms with Crippen molar-refractivity contribution in [2.75, 3.05) is 30.4 Å². The Kier molecular flexibility index (Phi) is 6.41. The number of fused-ring (bicyclic) bond motifs is 1. The van der Waals surface area contributed by atoms with Gasteiger partial charge in [0.2, 0.25) is 11.9 Å². The fourth-order valence-electron chi connectivity index (χ4n) is 3.49. The summed E-state index contributed by atoms with van der Waals surface area (Å²) in [5, 5.41) is 25.9. The summed E-state index contributed by atoms with van der Waals surface area (Å²) < 4.78 is 0. The van der Waals surface area contributed by atoms with Gasteiger partial charge in [0.05, 0.1) is 24.8 Å². The second kappa shape index (κ2) is 8.96. The molecule has 1 heterocycles. The Labute approximate surface area is 158 Å². The zero-order valence-electron chi connectivity index (χ0n) is 15.3. The number of amides is 1. The number of aliphatic hydroxyl groups is 2. The molecule has 0 aliphatic heterocycles. The van der Waals surface area contributed by atoms with E-state index in [9.17, 15) is 15.0 Å². The van der Waals surface area contributed by atoms with Crippen LogP contribution < -0.4 is 16.4 Å². The summed E-state index contributed by atoms with van der Waals surface area (Å²) in [6, 6.07) is 7.12. The lowest BCUT2D eigenvalue weighted by Crippen LogP contribution is -2.30. The van der Waals surface area contributed by atoms with Gasteiger partial charge in [-0.2, -0.15) is 4.98 Å². The molecule has 1 saturated carbocycles. The van der Waals surface area contributed by atoms with Crippen LogP contribution in [0, 0.1) is 11.8 Å². The maximum Gasteiger partial charge on any atom is 0.225 e. The van der Waals surface area contributed by atoms with Crippen molar-refractivity contribution in [2.45, 2.75) is 31.7 Å². The van der Waals surface area contributed by atoms with Gasteiger partial charge in [0, 0.05) is 17.8 Å². The van der Waals surface area contributed by atoms with E-state index in [2.05, 4.69) is 20.6 Å². The topological polar surface area (TPSA) is 133 Å². The quantitative estimate of drug-likeness (QED) is 0.468. The highest BCUT2D eigenvalue weighted by Gasteiger charge is 2.24. The van der Waals surface area contributed by atoms with Crippen LogP contribution in [0.25, 0.3) is 10.9 Å². The van der Waals surface area contributed by atoms with Crippen LogP contribution in [0.3, 0.4) is 0 Å². The van der Waals surface area contributed by atoms with E-state index in [-0.39, 0.29) is 25.0 Å². The Bertz CT molecular complexity index is 773. The van der Waals surface area contributed by atoms with Crippen molar-refractivity contribution in [1.29, 1.82) is 0 Å². The molecule has 1 aliphatic rings. The fraction of sp³-hybridized carbons (Fsp3) is 0.526.